The van der Waals surface area contributed by atoms with Crippen molar-refractivity contribution in [1.82, 2.24) is 5.32 Å². The SMILES string of the molecule is CCCCCCCCCCCCC(=O)N[C@@H](CO[C@@H]1O[C@H](CO)[C@@H](O)C(O)C1O)[C@H](O)[C@H](O)CCCCCCCCCC. The van der Waals surface area contributed by atoms with Crippen molar-refractivity contribution in [1.29, 1.82) is 0 Å². The van der Waals surface area contributed by atoms with Crippen molar-refractivity contribution in [2.75, 3.05) is 13.2 Å². The van der Waals surface area contributed by atoms with Gasteiger partial charge >= 0.3 is 0 Å². The smallest absolute Gasteiger partial charge is 0.220 e. The zero-order valence-electron chi connectivity index (χ0n) is 27.1. The molecule has 10 heteroatoms. The summed E-state index contributed by atoms with van der Waals surface area (Å²) in [4.78, 5) is 12.8. The molecule has 10 nitrogen and oxygen atoms in total. The lowest BCUT2D eigenvalue weighted by Gasteiger charge is -2.40. The minimum absolute atomic E-state index is 0.264. The lowest BCUT2D eigenvalue weighted by atomic mass is 9.98. The summed E-state index contributed by atoms with van der Waals surface area (Å²) in [6, 6.07) is -0.980. The number of carbonyl (C=O) groups is 1. The van der Waals surface area contributed by atoms with Crippen LogP contribution in [0, 0.1) is 0 Å². The third-order valence-corrected chi connectivity index (χ3v) is 8.55. The molecule has 0 aromatic carbocycles. The molecule has 0 saturated carbocycles. The normalized spacial score (nSPS) is 24.5. The molecule has 1 rings (SSSR count). The number of nitrogens with one attached hydrogen (secondary N) is 1. The molecule has 1 fully saturated rings. The van der Waals surface area contributed by atoms with Gasteiger partial charge in [-0.05, 0) is 12.8 Å². The minimum atomic E-state index is -1.60. The molecular weight excluding hydrogens is 554 g/mol. The lowest BCUT2D eigenvalue weighted by molar-refractivity contribution is -0.303. The van der Waals surface area contributed by atoms with Crippen LogP contribution >= 0.6 is 0 Å². The first kappa shape index (κ1) is 40.2. The average molecular weight is 620 g/mol. The Balaban J connectivity index is 2.57. The van der Waals surface area contributed by atoms with Gasteiger partial charge in [0.2, 0.25) is 5.91 Å². The molecule has 0 aliphatic carbocycles. The molecule has 1 amide bonds. The second kappa shape index (κ2) is 25.4. The molecule has 43 heavy (non-hydrogen) atoms. The van der Waals surface area contributed by atoms with E-state index >= 15 is 0 Å². The monoisotopic (exact) mass is 619 g/mol. The van der Waals surface area contributed by atoms with Gasteiger partial charge in [-0.1, -0.05) is 123 Å². The maximum atomic E-state index is 12.8. The molecule has 0 aromatic heterocycles. The second-order valence-electron chi connectivity index (χ2n) is 12.5. The standard InChI is InChI=1S/C33H65NO9/c1-3-5-7-9-11-13-14-16-18-20-22-28(37)34-25(24-42-33-32(41)31(40)30(39)27(23-35)43-33)29(38)26(36)21-19-17-15-12-10-8-6-4-2/h25-27,29-33,35-36,38-41H,3-24H2,1-2H3,(H,34,37)/t25-,26+,27+,29-,30+,31?,32?,33+/m0/s1. The third-order valence-electron chi connectivity index (χ3n) is 8.55. The van der Waals surface area contributed by atoms with Crippen LogP contribution < -0.4 is 5.32 Å². The van der Waals surface area contributed by atoms with Crippen LogP contribution in [0.1, 0.15) is 142 Å². The second-order valence-corrected chi connectivity index (χ2v) is 12.5. The Labute approximate surface area is 260 Å². The van der Waals surface area contributed by atoms with Gasteiger partial charge in [-0.2, -0.15) is 0 Å². The van der Waals surface area contributed by atoms with Crippen molar-refractivity contribution in [2.45, 2.75) is 191 Å². The molecule has 1 aliphatic heterocycles. The maximum absolute atomic E-state index is 12.8. The van der Waals surface area contributed by atoms with E-state index in [9.17, 15) is 35.4 Å². The van der Waals surface area contributed by atoms with Crippen molar-refractivity contribution in [2.24, 2.45) is 0 Å². The van der Waals surface area contributed by atoms with Gasteiger partial charge in [0.25, 0.3) is 0 Å². The first-order valence-corrected chi connectivity index (χ1v) is 17.3. The first-order valence-electron chi connectivity index (χ1n) is 17.3. The van der Waals surface area contributed by atoms with E-state index in [0.29, 0.717) is 6.42 Å². The Morgan fingerprint density at radius 2 is 1.21 bits per heavy atom. The summed E-state index contributed by atoms with van der Waals surface area (Å²) < 4.78 is 11.0. The molecule has 256 valence electrons. The molecule has 0 aromatic rings. The summed E-state index contributed by atoms with van der Waals surface area (Å²) in [6.45, 7) is 3.51. The van der Waals surface area contributed by atoms with Gasteiger partial charge in [0.1, 0.15) is 30.5 Å². The van der Waals surface area contributed by atoms with Crippen LogP contribution in [-0.4, -0.2) is 98.7 Å². The van der Waals surface area contributed by atoms with Crippen molar-refractivity contribution >= 4 is 5.91 Å². The van der Waals surface area contributed by atoms with E-state index < -0.39 is 55.6 Å². The van der Waals surface area contributed by atoms with Crippen LogP contribution in [0.4, 0.5) is 0 Å². The average Bonchev–Trinajstić information content (AvgIpc) is 3.00. The van der Waals surface area contributed by atoms with E-state index in [2.05, 4.69) is 19.2 Å². The molecule has 0 bridgehead atoms. The van der Waals surface area contributed by atoms with Crippen LogP contribution in [0.25, 0.3) is 0 Å². The molecular formula is C33H65NO9. The van der Waals surface area contributed by atoms with Gasteiger partial charge < -0.3 is 45.4 Å². The van der Waals surface area contributed by atoms with Gasteiger partial charge in [0.15, 0.2) is 6.29 Å². The molecule has 1 heterocycles. The van der Waals surface area contributed by atoms with Crippen molar-refractivity contribution < 1.29 is 44.9 Å². The quantitative estimate of drug-likeness (QED) is 0.0675. The van der Waals surface area contributed by atoms with E-state index in [1.807, 2.05) is 0 Å². The number of unbranched alkanes of at least 4 members (excludes halogenated alkanes) is 16. The minimum Gasteiger partial charge on any atom is -0.394 e. The van der Waals surface area contributed by atoms with E-state index in [4.69, 9.17) is 9.47 Å². The number of aliphatic hydroxyl groups excluding tert-OH is 6. The zero-order valence-corrected chi connectivity index (χ0v) is 27.1. The van der Waals surface area contributed by atoms with Crippen LogP contribution in [0.2, 0.25) is 0 Å². The predicted molar refractivity (Wildman–Crippen MR) is 167 cm³/mol. The summed E-state index contributed by atoms with van der Waals surface area (Å²) in [6.07, 6.45) is 11.4. The topological polar surface area (TPSA) is 169 Å². The Morgan fingerprint density at radius 1 is 0.721 bits per heavy atom. The summed E-state index contributed by atoms with van der Waals surface area (Å²) in [5, 5.41) is 64.4. The highest BCUT2D eigenvalue weighted by molar-refractivity contribution is 5.76. The van der Waals surface area contributed by atoms with Gasteiger partial charge in [0.05, 0.1) is 25.4 Å². The van der Waals surface area contributed by atoms with Crippen molar-refractivity contribution in [3.8, 4) is 0 Å². The van der Waals surface area contributed by atoms with Gasteiger partial charge in [-0.15, -0.1) is 0 Å². The summed E-state index contributed by atoms with van der Waals surface area (Å²) >= 11 is 0. The summed E-state index contributed by atoms with van der Waals surface area (Å²) in [5.41, 5.74) is 0. The van der Waals surface area contributed by atoms with Crippen LogP contribution in [0.5, 0.6) is 0 Å². The zero-order chi connectivity index (χ0) is 31.9. The highest BCUT2D eigenvalue weighted by atomic mass is 16.7. The molecule has 1 saturated heterocycles. The number of aliphatic hydroxyl groups is 6. The largest absolute Gasteiger partial charge is 0.394 e. The molecule has 7 N–H and O–H groups in total. The van der Waals surface area contributed by atoms with Crippen LogP contribution in [0.15, 0.2) is 0 Å². The van der Waals surface area contributed by atoms with E-state index in [1.54, 1.807) is 0 Å². The number of ether oxygens (including phenoxy) is 2. The van der Waals surface area contributed by atoms with Crippen LogP contribution in [0.3, 0.4) is 0 Å². The Morgan fingerprint density at radius 3 is 1.72 bits per heavy atom. The fourth-order valence-corrected chi connectivity index (χ4v) is 5.61. The van der Waals surface area contributed by atoms with Gasteiger partial charge in [-0.25, -0.2) is 0 Å². The molecule has 0 radical (unpaired) electrons. The van der Waals surface area contributed by atoms with E-state index in [0.717, 1.165) is 51.4 Å². The third kappa shape index (κ3) is 17.4. The van der Waals surface area contributed by atoms with E-state index in [-0.39, 0.29) is 18.9 Å². The predicted octanol–water partition coefficient (Wildman–Crippen LogP) is 3.85. The fraction of sp³-hybridized carbons (Fsp3) is 0.970. The number of rotatable bonds is 27. The molecule has 8 atom stereocenters. The molecule has 0 spiro atoms. The molecule has 2 unspecified atom stereocenters. The Hall–Kier alpha value is -0.850. The summed E-state index contributed by atoms with van der Waals surface area (Å²) in [5.74, 6) is -0.264. The Kier molecular flexibility index (Phi) is 23.7. The van der Waals surface area contributed by atoms with E-state index in [1.165, 1.54) is 64.2 Å². The molecule has 1 aliphatic rings. The maximum Gasteiger partial charge on any atom is 0.220 e. The van der Waals surface area contributed by atoms with Crippen molar-refractivity contribution in [3.63, 3.8) is 0 Å². The lowest BCUT2D eigenvalue weighted by Crippen LogP contribution is -2.60. The van der Waals surface area contributed by atoms with Gasteiger partial charge in [-0.3, -0.25) is 4.79 Å². The number of carbonyl (C=O) groups excluding carboxylic acids is 1. The van der Waals surface area contributed by atoms with Crippen molar-refractivity contribution in [3.05, 3.63) is 0 Å². The van der Waals surface area contributed by atoms with Gasteiger partial charge in [0, 0.05) is 6.42 Å². The highest BCUT2D eigenvalue weighted by Gasteiger charge is 2.44. The number of amides is 1. The van der Waals surface area contributed by atoms with Crippen LogP contribution in [-0.2, 0) is 14.3 Å². The summed E-state index contributed by atoms with van der Waals surface area (Å²) in [7, 11) is 0. The highest BCUT2D eigenvalue weighted by Crippen LogP contribution is 2.23. The Bertz CT molecular complexity index is 668. The number of hydrogen-bond donors (Lipinski definition) is 7. The number of hydrogen-bond acceptors (Lipinski definition) is 9. The first-order chi connectivity index (χ1) is 20.8. The fourth-order valence-electron chi connectivity index (χ4n) is 5.61.